The number of carbonyl (C=O) groups is 2. The zero-order valence-electron chi connectivity index (χ0n) is 17.0. The molecule has 1 fully saturated rings. The second-order valence-corrected chi connectivity index (χ2v) is 7.99. The van der Waals surface area contributed by atoms with Crippen LogP contribution in [0.5, 0.6) is 5.75 Å². The van der Waals surface area contributed by atoms with Gasteiger partial charge in [0.05, 0.1) is 5.56 Å². The molecule has 5 heteroatoms. The highest BCUT2D eigenvalue weighted by molar-refractivity contribution is 6.05. The fourth-order valence-electron chi connectivity index (χ4n) is 4.07. The van der Waals surface area contributed by atoms with E-state index in [2.05, 4.69) is 5.32 Å². The van der Waals surface area contributed by atoms with E-state index in [1.165, 1.54) is 5.56 Å². The van der Waals surface area contributed by atoms with Crippen LogP contribution >= 0.6 is 0 Å². The molecule has 4 rings (SSSR count). The molecule has 30 heavy (non-hydrogen) atoms. The molecule has 3 aromatic carbocycles. The van der Waals surface area contributed by atoms with E-state index in [4.69, 9.17) is 4.74 Å². The first kappa shape index (κ1) is 20.0. The highest BCUT2D eigenvalue weighted by atomic mass is 16.5. The number of aliphatic carboxylic acids is 1. The van der Waals surface area contributed by atoms with E-state index in [9.17, 15) is 14.7 Å². The summed E-state index contributed by atoms with van der Waals surface area (Å²) in [6, 6.07) is 19.3. The third kappa shape index (κ3) is 3.88. The van der Waals surface area contributed by atoms with Crippen molar-refractivity contribution in [2.24, 2.45) is 0 Å². The van der Waals surface area contributed by atoms with Gasteiger partial charge in [0.2, 0.25) is 0 Å². The van der Waals surface area contributed by atoms with Crippen molar-refractivity contribution < 1.29 is 19.4 Å². The van der Waals surface area contributed by atoms with Gasteiger partial charge in [0.15, 0.2) is 0 Å². The quantitative estimate of drug-likeness (QED) is 0.617. The molecule has 0 atom stereocenters. The monoisotopic (exact) mass is 403 g/mol. The summed E-state index contributed by atoms with van der Waals surface area (Å²) in [4.78, 5) is 25.1. The predicted octanol–water partition coefficient (Wildman–Crippen LogP) is 4.85. The van der Waals surface area contributed by atoms with Crippen molar-refractivity contribution in [3.05, 3.63) is 77.4 Å². The van der Waals surface area contributed by atoms with E-state index in [1.54, 1.807) is 6.07 Å². The van der Waals surface area contributed by atoms with Crippen molar-refractivity contribution in [3.8, 4) is 5.75 Å². The lowest BCUT2D eigenvalue weighted by atomic mass is 9.96. The molecule has 0 spiro atoms. The Morgan fingerprint density at radius 2 is 1.70 bits per heavy atom. The third-order valence-corrected chi connectivity index (χ3v) is 5.85. The predicted molar refractivity (Wildman–Crippen MR) is 116 cm³/mol. The van der Waals surface area contributed by atoms with E-state index >= 15 is 0 Å². The summed E-state index contributed by atoms with van der Waals surface area (Å²) in [7, 11) is 0. The smallest absolute Gasteiger partial charge is 0.329 e. The molecular weight excluding hydrogens is 378 g/mol. The molecule has 3 aromatic rings. The Hall–Kier alpha value is -3.34. The van der Waals surface area contributed by atoms with Crippen LogP contribution in [0.15, 0.2) is 60.7 Å². The fourth-order valence-corrected chi connectivity index (χ4v) is 4.07. The summed E-state index contributed by atoms with van der Waals surface area (Å²) >= 11 is 0. The minimum absolute atomic E-state index is 0.318. The van der Waals surface area contributed by atoms with Crippen molar-refractivity contribution in [2.75, 3.05) is 0 Å². The molecule has 1 saturated carbocycles. The van der Waals surface area contributed by atoms with Gasteiger partial charge in [0, 0.05) is 5.39 Å². The molecule has 2 N–H and O–H groups in total. The van der Waals surface area contributed by atoms with E-state index in [0.717, 1.165) is 29.2 Å². The number of nitrogens with one attached hydrogen (secondary N) is 1. The summed E-state index contributed by atoms with van der Waals surface area (Å²) in [6.45, 7) is 2.34. The lowest BCUT2D eigenvalue weighted by Crippen LogP contribution is -2.52. The molecule has 1 amide bonds. The maximum absolute atomic E-state index is 13.2. The van der Waals surface area contributed by atoms with Gasteiger partial charge in [-0.3, -0.25) is 4.79 Å². The van der Waals surface area contributed by atoms with E-state index in [-0.39, 0.29) is 0 Å². The van der Waals surface area contributed by atoms with Crippen LogP contribution < -0.4 is 10.1 Å². The molecule has 1 aliphatic carbocycles. The van der Waals surface area contributed by atoms with Gasteiger partial charge in [-0.05, 0) is 36.8 Å². The zero-order valence-corrected chi connectivity index (χ0v) is 17.0. The molecule has 0 aliphatic heterocycles. The SMILES string of the molecule is Cc1ccc(COc2c(C(=O)NC3(C(=O)O)CCCC3)ccc3ccccc23)cc1. The number of rotatable bonds is 6. The van der Waals surface area contributed by atoms with Gasteiger partial charge >= 0.3 is 5.97 Å². The Morgan fingerprint density at radius 1 is 1.00 bits per heavy atom. The van der Waals surface area contributed by atoms with Crippen molar-refractivity contribution in [3.63, 3.8) is 0 Å². The molecule has 0 bridgehead atoms. The van der Waals surface area contributed by atoms with Crippen LogP contribution in [0.1, 0.15) is 47.2 Å². The zero-order chi connectivity index (χ0) is 21.1. The molecule has 0 aromatic heterocycles. The van der Waals surface area contributed by atoms with Crippen LogP contribution in [0, 0.1) is 6.92 Å². The number of hydrogen-bond acceptors (Lipinski definition) is 3. The van der Waals surface area contributed by atoms with Crippen LogP contribution in [0.4, 0.5) is 0 Å². The largest absolute Gasteiger partial charge is 0.487 e. The molecule has 0 heterocycles. The molecule has 154 valence electrons. The van der Waals surface area contributed by atoms with Gasteiger partial charge in [-0.25, -0.2) is 4.79 Å². The maximum atomic E-state index is 13.2. The number of carboxylic acid groups (broad SMARTS) is 1. The Labute approximate surface area is 175 Å². The van der Waals surface area contributed by atoms with E-state index in [1.807, 2.05) is 61.5 Å². The average molecular weight is 403 g/mol. The minimum Gasteiger partial charge on any atom is -0.487 e. The molecule has 5 nitrogen and oxygen atoms in total. The summed E-state index contributed by atoms with van der Waals surface area (Å²) < 4.78 is 6.15. The van der Waals surface area contributed by atoms with Gasteiger partial charge in [0.25, 0.3) is 5.91 Å². The number of amides is 1. The first-order valence-electron chi connectivity index (χ1n) is 10.2. The van der Waals surface area contributed by atoms with Gasteiger partial charge in [0.1, 0.15) is 17.9 Å². The van der Waals surface area contributed by atoms with Gasteiger partial charge in [-0.2, -0.15) is 0 Å². The van der Waals surface area contributed by atoms with E-state index in [0.29, 0.717) is 30.8 Å². The standard InChI is InChI=1S/C25H25NO4/c1-17-8-10-18(11-9-17)16-30-22-20-7-3-2-6-19(20)12-13-21(22)23(27)26-25(24(28)29)14-4-5-15-25/h2-3,6-13H,4-5,14-16H2,1H3,(H,26,27)(H,28,29). The molecular formula is C25H25NO4. The second kappa shape index (κ2) is 8.19. The van der Waals surface area contributed by atoms with Crippen molar-refractivity contribution in [1.82, 2.24) is 5.32 Å². The first-order chi connectivity index (χ1) is 14.5. The van der Waals surface area contributed by atoms with Gasteiger partial charge in [-0.1, -0.05) is 73.0 Å². The van der Waals surface area contributed by atoms with Crippen molar-refractivity contribution >= 4 is 22.6 Å². The van der Waals surface area contributed by atoms with Gasteiger partial charge in [-0.15, -0.1) is 0 Å². The number of carboxylic acids is 1. The highest BCUT2D eigenvalue weighted by Gasteiger charge is 2.43. The molecule has 1 aliphatic rings. The lowest BCUT2D eigenvalue weighted by molar-refractivity contribution is -0.144. The number of ether oxygens (including phenoxy) is 1. The summed E-state index contributed by atoms with van der Waals surface area (Å²) in [5.41, 5.74) is 1.32. The number of aryl methyl sites for hydroxylation is 1. The van der Waals surface area contributed by atoms with Gasteiger partial charge < -0.3 is 15.2 Å². The minimum atomic E-state index is -1.20. The number of fused-ring (bicyclic) bond motifs is 1. The molecule has 0 unspecified atom stereocenters. The fraction of sp³-hybridized carbons (Fsp3) is 0.280. The van der Waals surface area contributed by atoms with Crippen LogP contribution in [0.25, 0.3) is 10.8 Å². The first-order valence-corrected chi connectivity index (χ1v) is 10.2. The van der Waals surface area contributed by atoms with E-state index < -0.39 is 17.4 Å². The van der Waals surface area contributed by atoms with Crippen LogP contribution in [-0.4, -0.2) is 22.5 Å². The summed E-state index contributed by atoms with van der Waals surface area (Å²) in [5.74, 6) is -0.912. The number of benzene rings is 3. The Kier molecular flexibility index (Phi) is 5.44. The number of carbonyl (C=O) groups excluding carboxylic acids is 1. The van der Waals surface area contributed by atoms with Crippen LogP contribution in [-0.2, 0) is 11.4 Å². The normalized spacial score (nSPS) is 15.1. The number of hydrogen-bond donors (Lipinski definition) is 2. The van der Waals surface area contributed by atoms with Crippen molar-refractivity contribution in [2.45, 2.75) is 44.8 Å². The third-order valence-electron chi connectivity index (χ3n) is 5.85. The highest BCUT2D eigenvalue weighted by Crippen LogP contribution is 2.34. The second-order valence-electron chi connectivity index (χ2n) is 7.99. The van der Waals surface area contributed by atoms with Crippen molar-refractivity contribution in [1.29, 1.82) is 0 Å². The maximum Gasteiger partial charge on any atom is 0.329 e. The topological polar surface area (TPSA) is 75.6 Å². The van der Waals surface area contributed by atoms with Crippen LogP contribution in [0.3, 0.4) is 0 Å². The Bertz CT molecular complexity index is 1080. The van der Waals surface area contributed by atoms with Crippen LogP contribution in [0.2, 0.25) is 0 Å². The summed E-state index contributed by atoms with van der Waals surface area (Å²) in [6.07, 6.45) is 2.48. The Balaban J connectivity index is 1.68. The molecule has 0 radical (unpaired) electrons. The molecule has 0 saturated heterocycles. The summed E-state index contributed by atoms with van der Waals surface area (Å²) in [5, 5.41) is 14.3. The average Bonchev–Trinajstić information content (AvgIpc) is 3.23. The Morgan fingerprint density at radius 3 is 2.40 bits per heavy atom. The lowest BCUT2D eigenvalue weighted by Gasteiger charge is -2.26.